The van der Waals surface area contributed by atoms with Crippen LogP contribution in [0.15, 0.2) is 47.1 Å². The van der Waals surface area contributed by atoms with Crippen LogP contribution in [0.25, 0.3) is 6.08 Å². The molecule has 2 aliphatic rings. The molecule has 3 heterocycles. The average molecular weight is 439 g/mol. The fraction of sp³-hybridized carbons (Fsp3) is 0.348. The molecular formula is C23H25N3O6. The number of nitrogens with one attached hydrogen (secondary N) is 2. The summed E-state index contributed by atoms with van der Waals surface area (Å²) < 4.78 is 15.7. The summed E-state index contributed by atoms with van der Waals surface area (Å²) in [5, 5.41) is 5.30. The van der Waals surface area contributed by atoms with Crippen molar-refractivity contribution in [3.05, 3.63) is 54.0 Å². The maximum atomic E-state index is 12.3. The van der Waals surface area contributed by atoms with E-state index in [0.717, 1.165) is 18.4 Å². The predicted molar refractivity (Wildman–Crippen MR) is 114 cm³/mol. The Kier molecular flexibility index (Phi) is 6.74. The van der Waals surface area contributed by atoms with Crippen molar-refractivity contribution in [2.24, 2.45) is 5.92 Å². The zero-order valence-electron chi connectivity index (χ0n) is 17.5. The highest BCUT2D eigenvalue weighted by atomic mass is 16.7. The Morgan fingerprint density at radius 3 is 2.59 bits per heavy atom. The standard InChI is InChI=1S/C23H25N3O6/c27-21(6-4-18-2-1-11-30-18)26-9-7-16(8-10-26)13-24-22(28)23(29)25-14-17-3-5-19-20(12-17)32-15-31-19/h1-6,11-12,16H,7-10,13-15H2,(H,24,28)(H,25,29)/b6-4+. The summed E-state index contributed by atoms with van der Waals surface area (Å²) in [6.45, 7) is 2.02. The lowest BCUT2D eigenvalue weighted by molar-refractivity contribution is -0.139. The van der Waals surface area contributed by atoms with Crippen LogP contribution in [-0.4, -0.2) is 49.0 Å². The fourth-order valence-electron chi connectivity index (χ4n) is 3.63. The molecule has 1 fully saturated rings. The molecule has 2 N–H and O–H groups in total. The number of hydrogen-bond donors (Lipinski definition) is 2. The summed E-state index contributed by atoms with van der Waals surface area (Å²) in [5.41, 5.74) is 0.813. The first-order chi connectivity index (χ1) is 15.6. The summed E-state index contributed by atoms with van der Waals surface area (Å²) >= 11 is 0. The number of likely N-dealkylation sites (tertiary alicyclic amines) is 1. The summed E-state index contributed by atoms with van der Waals surface area (Å²) in [5.74, 6) is 0.740. The molecule has 2 aliphatic heterocycles. The van der Waals surface area contributed by atoms with Gasteiger partial charge in [-0.3, -0.25) is 14.4 Å². The second-order valence-corrected chi connectivity index (χ2v) is 7.70. The van der Waals surface area contributed by atoms with Gasteiger partial charge in [0.15, 0.2) is 11.5 Å². The van der Waals surface area contributed by atoms with Crippen LogP contribution in [-0.2, 0) is 20.9 Å². The molecule has 2 aromatic rings. The molecule has 0 radical (unpaired) electrons. The summed E-state index contributed by atoms with van der Waals surface area (Å²) in [7, 11) is 0. The number of furan rings is 1. The molecule has 32 heavy (non-hydrogen) atoms. The van der Waals surface area contributed by atoms with Crippen molar-refractivity contribution in [3.8, 4) is 11.5 Å². The maximum Gasteiger partial charge on any atom is 0.309 e. The fourth-order valence-corrected chi connectivity index (χ4v) is 3.63. The van der Waals surface area contributed by atoms with Crippen LogP contribution in [0.1, 0.15) is 24.2 Å². The van der Waals surface area contributed by atoms with Gasteiger partial charge in [0.2, 0.25) is 12.7 Å². The number of amides is 3. The van der Waals surface area contributed by atoms with E-state index in [1.807, 2.05) is 6.07 Å². The summed E-state index contributed by atoms with van der Waals surface area (Å²) in [6.07, 6.45) is 6.24. The van der Waals surface area contributed by atoms with Gasteiger partial charge in [0, 0.05) is 32.3 Å². The highest BCUT2D eigenvalue weighted by Gasteiger charge is 2.23. The van der Waals surface area contributed by atoms with Gasteiger partial charge in [-0.2, -0.15) is 0 Å². The normalized spacial score (nSPS) is 15.7. The van der Waals surface area contributed by atoms with E-state index in [0.29, 0.717) is 36.9 Å². The molecule has 3 amide bonds. The number of piperidine rings is 1. The highest BCUT2D eigenvalue weighted by Crippen LogP contribution is 2.32. The first-order valence-corrected chi connectivity index (χ1v) is 10.5. The minimum absolute atomic E-state index is 0.0632. The van der Waals surface area contributed by atoms with Crippen LogP contribution in [0.5, 0.6) is 11.5 Å². The van der Waals surface area contributed by atoms with Gasteiger partial charge in [0.1, 0.15) is 5.76 Å². The molecule has 1 aromatic carbocycles. The Labute approximate surface area is 185 Å². The van der Waals surface area contributed by atoms with Crippen molar-refractivity contribution in [1.29, 1.82) is 0 Å². The van der Waals surface area contributed by atoms with Crippen molar-refractivity contribution in [3.63, 3.8) is 0 Å². The number of hydrogen-bond acceptors (Lipinski definition) is 6. The lowest BCUT2D eigenvalue weighted by Gasteiger charge is -2.31. The third-order valence-corrected chi connectivity index (χ3v) is 5.51. The summed E-state index contributed by atoms with van der Waals surface area (Å²) in [4.78, 5) is 38.2. The van der Waals surface area contributed by atoms with Crippen molar-refractivity contribution < 1.29 is 28.3 Å². The second-order valence-electron chi connectivity index (χ2n) is 7.70. The number of ether oxygens (including phenoxy) is 2. The molecule has 168 valence electrons. The van der Waals surface area contributed by atoms with Crippen molar-refractivity contribution in [1.82, 2.24) is 15.5 Å². The van der Waals surface area contributed by atoms with Gasteiger partial charge >= 0.3 is 11.8 Å². The quantitative estimate of drug-likeness (QED) is 0.524. The van der Waals surface area contributed by atoms with Crippen LogP contribution < -0.4 is 20.1 Å². The Balaban J connectivity index is 1.14. The third-order valence-electron chi connectivity index (χ3n) is 5.51. The SMILES string of the molecule is O=C(NCc1ccc2c(c1)OCO2)C(=O)NCC1CCN(C(=O)/C=C/c2ccco2)CC1. The number of benzene rings is 1. The molecule has 0 atom stereocenters. The zero-order chi connectivity index (χ0) is 22.3. The first kappa shape index (κ1) is 21.5. The van der Waals surface area contributed by atoms with E-state index in [-0.39, 0.29) is 25.2 Å². The van der Waals surface area contributed by atoms with E-state index in [4.69, 9.17) is 13.9 Å². The van der Waals surface area contributed by atoms with E-state index < -0.39 is 11.8 Å². The molecule has 0 bridgehead atoms. The largest absolute Gasteiger partial charge is 0.465 e. The minimum Gasteiger partial charge on any atom is -0.465 e. The molecule has 0 aliphatic carbocycles. The van der Waals surface area contributed by atoms with Gasteiger partial charge in [0.25, 0.3) is 0 Å². The highest BCUT2D eigenvalue weighted by molar-refractivity contribution is 6.35. The average Bonchev–Trinajstić information content (AvgIpc) is 3.51. The Morgan fingerprint density at radius 1 is 1.03 bits per heavy atom. The molecule has 0 spiro atoms. The van der Waals surface area contributed by atoms with Crippen LogP contribution >= 0.6 is 0 Å². The third kappa shape index (κ3) is 5.48. The van der Waals surface area contributed by atoms with Crippen molar-refractivity contribution in [2.75, 3.05) is 26.4 Å². The lowest BCUT2D eigenvalue weighted by Crippen LogP contribution is -2.44. The molecule has 1 aromatic heterocycles. The molecule has 9 nitrogen and oxygen atoms in total. The van der Waals surface area contributed by atoms with Crippen LogP contribution in [0.4, 0.5) is 0 Å². The molecular weight excluding hydrogens is 414 g/mol. The number of carbonyl (C=O) groups is 3. The lowest BCUT2D eigenvalue weighted by atomic mass is 9.96. The minimum atomic E-state index is -0.682. The van der Waals surface area contributed by atoms with Gasteiger partial charge in [-0.15, -0.1) is 0 Å². The number of fused-ring (bicyclic) bond motifs is 1. The van der Waals surface area contributed by atoms with Gasteiger partial charge in [-0.25, -0.2) is 0 Å². The van der Waals surface area contributed by atoms with Crippen LogP contribution in [0.2, 0.25) is 0 Å². The number of carbonyl (C=O) groups excluding carboxylic acids is 3. The number of rotatable bonds is 6. The van der Waals surface area contributed by atoms with E-state index in [1.165, 1.54) is 6.08 Å². The Bertz CT molecular complexity index is 993. The number of nitrogens with zero attached hydrogens (tertiary/aromatic N) is 1. The first-order valence-electron chi connectivity index (χ1n) is 10.5. The molecule has 1 saturated heterocycles. The zero-order valence-corrected chi connectivity index (χ0v) is 17.5. The molecule has 0 saturated carbocycles. The van der Waals surface area contributed by atoms with Crippen LogP contribution in [0, 0.1) is 5.92 Å². The van der Waals surface area contributed by atoms with Gasteiger partial charge in [-0.05, 0) is 54.7 Å². The van der Waals surface area contributed by atoms with E-state index in [2.05, 4.69) is 10.6 Å². The molecule has 4 rings (SSSR count). The van der Waals surface area contributed by atoms with Crippen molar-refractivity contribution >= 4 is 23.8 Å². The van der Waals surface area contributed by atoms with Gasteiger partial charge < -0.3 is 29.4 Å². The summed E-state index contributed by atoms with van der Waals surface area (Å²) in [6, 6.07) is 8.91. The Hall–Kier alpha value is -3.75. The topological polar surface area (TPSA) is 110 Å². The van der Waals surface area contributed by atoms with E-state index in [9.17, 15) is 14.4 Å². The maximum absolute atomic E-state index is 12.3. The second kappa shape index (κ2) is 10.0. The van der Waals surface area contributed by atoms with Gasteiger partial charge in [0.05, 0.1) is 6.26 Å². The molecule has 0 unspecified atom stereocenters. The molecule has 9 heteroatoms. The van der Waals surface area contributed by atoms with Crippen molar-refractivity contribution in [2.45, 2.75) is 19.4 Å². The smallest absolute Gasteiger partial charge is 0.309 e. The van der Waals surface area contributed by atoms with Crippen LogP contribution in [0.3, 0.4) is 0 Å². The predicted octanol–water partition coefficient (Wildman–Crippen LogP) is 1.69. The Morgan fingerprint density at radius 2 is 1.81 bits per heavy atom. The monoisotopic (exact) mass is 439 g/mol. The van der Waals surface area contributed by atoms with E-state index >= 15 is 0 Å². The van der Waals surface area contributed by atoms with Gasteiger partial charge in [-0.1, -0.05) is 6.07 Å². The van der Waals surface area contributed by atoms with E-state index in [1.54, 1.807) is 41.5 Å².